The van der Waals surface area contributed by atoms with Crippen LogP contribution in [0.5, 0.6) is 0 Å². The molecule has 1 aromatic carbocycles. The number of aromatic nitrogens is 3. The van der Waals surface area contributed by atoms with Crippen LogP contribution in [0.3, 0.4) is 0 Å². The Balaban J connectivity index is 0.000000198. The van der Waals surface area contributed by atoms with Crippen LogP contribution in [0.1, 0.15) is 57.5 Å². The number of rotatable bonds is 5. The van der Waals surface area contributed by atoms with Crippen molar-refractivity contribution in [3.63, 3.8) is 0 Å². The number of hydrogen-bond donors (Lipinski definition) is 3. The third kappa shape index (κ3) is 5.27. The molecule has 0 amide bonds. The van der Waals surface area contributed by atoms with Crippen LogP contribution in [-0.4, -0.2) is 47.6 Å². The summed E-state index contributed by atoms with van der Waals surface area (Å²) in [6.07, 6.45) is 7.20. The molecule has 1 aliphatic carbocycles. The second-order valence-corrected chi connectivity index (χ2v) is 6.81. The van der Waals surface area contributed by atoms with E-state index in [0.717, 1.165) is 25.7 Å². The van der Waals surface area contributed by atoms with Gasteiger partial charge in [-0.3, -0.25) is 4.68 Å². The zero-order valence-electron chi connectivity index (χ0n) is 14.9. The Bertz CT molecular complexity index is 802. The first kappa shape index (κ1) is 20.9. The Kier molecular flexibility index (Phi) is 6.92. The van der Waals surface area contributed by atoms with Gasteiger partial charge in [0.15, 0.2) is 0 Å². The van der Waals surface area contributed by atoms with Gasteiger partial charge in [-0.15, -0.1) is 11.6 Å². The first-order valence-corrected chi connectivity index (χ1v) is 9.00. The van der Waals surface area contributed by atoms with E-state index in [0.29, 0.717) is 12.1 Å². The third-order valence-corrected chi connectivity index (χ3v) is 4.88. The summed E-state index contributed by atoms with van der Waals surface area (Å²) in [4.78, 5) is 25.5. The second kappa shape index (κ2) is 8.96. The summed E-state index contributed by atoms with van der Waals surface area (Å²) >= 11 is 5.57. The minimum Gasteiger partial charge on any atom is -0.478 e. The first-order valence-electron chi connectivity index (χ1n) is 8.47. The molecule has 146 valence electrons. The maximum Gasteiger partial charge on any atom is 0.336 e. The van der Waals surface area contributed by atoms with Crippen LogP contribution >= 0.6 is 11.6 Å². The largest absolute Gasteiger partial charge is 0.478 e. The maximum atomic E-state index is 10.9. The molecule has 8 nitrogen and oxygen atoms in total. The van der Waals surface area contributed by atoms with Crippen molar-refractivity contribution in [1.82, 2.24) is 14.8 Å². The summed E-state index contributed by atoms with van der Waals surface area (Å²) in [5.41, 5.74) is 0.0965. The fourth-order valence-corrected chi connectivity index (χ4v) is 3.44. The summed E-state index contributed by atoms with van der Waals surface area (Å²) < 4.78 is 1.70. The molecule has 0 saturated heterocycles. The Hall–Kier alpha value is -2.45. The molecule has 9 heteroatoms. The number of aromatic carboxylic acids is 2. The van der Waals surface area contributed by atoms with E-state index < -0.39 is 17.5 Å². The molecule has 0 atom stereocenters. The molecule has 0 spiro atoms. The van der Waals surface area contributed by atoms with Gasteiger partial charge in [-0.05, 0) is 37.0 Å². The molecule has 0 unspecified atom stereocenters. The second-order valence-electron chi connectivity index (χ2n) is 6.54. The highest BCUT2D eigenvalue weighted by atomic mass is 35.5. The molecule has 1 heterocycles. The number of halogens is 1. The minimum atomic E-state index is -1.16. The third-order valence-electron chi connectivity index (χ3n) is 4.60. The number of carboxylic acid groups (broad SMARTS) is 2. The number of nitrogens with zero attached hydrogens (tertiary/aromatic N) is 3. The van der Waals surface area contributed by atoms with Gasteiger partial charge in [0.2, 0.25) is 0 Å². The fraction of sp³-hybridized carbons (Fsp3) is 0.444. The lowest BCUT2D eigenvalue weighted by molar-refractivity contribution is 0.0264. The maximum absolute atomic E-state index is 10.9. The van der Waals surface area contributed by atoms with Crippen molar-refractivity contribution in [3.05, 3.63) is 47.0 Å². The van der Waals surface area contributed by atoms with Gasteiger partial charge >= 0.3 is 11.9 Å². The molecule has 2 aromatic rings. The number of aliphatic hydroxyl groups is 1. The van der Waals surface area contributed by atoms with Crippen LogP contribution < -0.4 is 0 Å². The lowest BCUT2D eigenvalue weighted by Crippen LogP contribution is -2.30. The Labute approximate surface area is 161 Å². The van der Waals surface area contributed by atoms with Gasteiger partial charge < -0.3 is 15.3 Å². The topological polar surface area (TPSA) is 126 Å². The molecule has 3 N–H and O–H groups in total. The van der Waals surface area contributed by atoms with E-state index in [9.17, 15) is 14.7 Å². The molecule has 1 fully saturated rings. The van der Waals surface area contributed by atoms with E-state index in [1.807, 2.05) is 0 Å². The summed E-state index contributed by atoms with van der Waals surface area (Å²) in [5, 5.41) is 31.7. The molecule has 1 aromatic heterocycles. The van der Waals surface area contributed by atoms with Crippen molar-refractivity contribution in [2.45, 2.75) is 50.6 Å². The monoisotopic (exact) mass is 395 g/mol. The zero-order chi connectivity index (χ0) is 20.0. The van der Waals surface area contributed by atoms with Crippen LogP contribution in [0, 0.1) is 6.92 Å². The van der Waals surface area contributed by atoms with Crippen LogP contribution in [0.2, 0.25) is 0 Å². The predicted octanol–water partition coefficient (Wildman–Crippen LogP) is 2.71. The standard InChI is InChI=1S/C10H9ClO4.C8H13N3O/c1-5-7(9(12)13)3-2-6(4-11)8(5)10(14)15;12-8(3-1-2-4-8)5-11-7-9-6-10-11/h2-3H,4H2,1H3,(H,12,13)(H,14,15);6-7,12H,1-5H2. The van der Waals surface area contributed by atoms with Gasteiger partial charge in [0.05, 0.1) is 23.3 Å². The molecule has 0 aliphatic heterocycles. The lowest BCUT2D eigenvalue weighted by Gasteiger charge is -2.21. The van der Waals surface area contributed by atoms with E-state index in [1.165, 1.54) is 25.4 Å². The van der Waals surface area contributed by atoms with E-state index in [-0.39, 0.29) is 22.6 Å². The molecule has 1 saturated carbocycles. The molecule has 3 rings (SSSR count). The predicted molar refractivity (Wildman–Crippen MR) is 98.1 cm³/mol. The average molecular weight is 396 g/mol. The summed E-state index contributed by atoms with van der Waals surface area (Å²) in [7, 11) is 0. The Morgan fingerprint density at radius 1 is 1.22 bits per heavy atom. The minimum absolute atomic E-state index is 0.0127. The van der Waals surface area contributed by atoms with Crippen molar-refractivity contribution >= 4 is 23.5 Å². The van der Waals surface area contributed by atoms with Gasteiger partial charge in [0.25, 0.3) is 0 Å². The van der Waals surface area contributed by atoms with Gasteiger partial charge in [-0.1, -0.05) is 18.9 Å². The number of alkyl halides is 1. The van der Waals surface area contributed by atoms with Crippen molar-refractivity contribution in [1.29, 1.82) is 0 Å². The van der Waals surface area contributed by atoms with Gasteiger partial charge in [0.1, 0.15) is 12.7 Å². The van der Waals surface area contributed by atoms with Crippen molar-refractivity contribution < 1.29 is 24.9 Å². The number of hydrogen-bond acceptors (Lipinski definition) is 5. The van der Waals surface area contributed by atoms with Crippen LogP contribution in [0.4, 0.5) is 0 Å². The summed E-state index contributed by atoms with van der Waals surface area (Å²) in [6, 6.07) is 2.79. The highest BCUT2D eigenvalue weighted by Gasteiger charge is 2.31. The zero-order valence-corrected chi connectivity index (χ0v) is 15.7. The normalized spacial score (nSPS) is 15.1. The van der Waals surface area contributed by atoms with Gasteiger partial charge in [-0.2, -0.15) is 5.10 Å². The Morgan fingerprint density at radius 2 is 1.89 bits per heavy atom. The quantitative estimate of drug-likeness (QED) is 0.664. The Morgan fingerprint density at radius 3 is 2.37 bits per heavy atom. The molecular weight excluding hydrogens is 374 g/mol. The highest BCUT2D eigenvalue weighted by Crippen LogP contribution is 2.30. The summed E-state index contributed by atoms with van der Waals surface area (Å²) in [5.74, 6) is -2.26. The SMILES string of the molecule is Cc1c(C(=O)O)ccc(CCl)c1C(=O)O.OC1(Cn2cncn2)CCCC1. The van der Waals surface area contributed by atoms with Gasteiger partial charge in [0, 0.05) is 5.88 Å². The van der Waals surface area contributed by atoms with E-state index in [4.69, 9.17) is 21.8 Å². The number of benzene rings is 1. The molecule has 1 aliphatic rings. The average Bonchev–Trinajstić information content (AvgIpc) is 3.26. The fourth-order valence-electron chi connectivity index (χ4n) is 3.22. The van der Waals surface area contributed by atoms with Crippen molar-refractivity contribution in [2.24, 2.45) is 0 Å². The van der Waals surface area contributed by atoms with E-state index in [1.54, 1.807) is 11.0 Å². The van der Waals surface area contributed by atoms with Crippen molar-refractivity contribution in [2.75, 3.05) is 0 Å². The van der Waals surface area contributed by atoms with Crippen LogP contribution in [0.15, 0.2) is 24.8 Å². The molecular formula is C18H22ClN3O5. The van der Waals surface area contributed by atoms with E-state index in [2.05, 4.69) is 10.1 Å². The van der Waals surface area contributed by atoms with Crippen molar-refractivity contribution in [3.8, 4) is 0 Å². The smallest absolute Gasteiger partial charge is 0.336 e. The molecule has 27 heavy (non-hydrogen) atoms. The number of carboxylic acids is 2. The van der Waals surface area contributed by atoms with Crippen LogP contribution in [0.25, 0.3) is 0 Å². The number of carbonyl (C=O) groups is 2. The van der Waals surface area contributed by atoms with Crippen LogP contribution in [-0.2, 0) is 12.4 Å². The molecule has 0 radical (unpaired) electrons. The van der Waals surface area contributed by atoms with E-state index >= 15 is 0 Å². The highest BCUT2D eigenvalue weighted by molar-refractivity contribution is 6.17. The summed E-state index contributed by atoms with van der Waals surface area (Å²) in [6.45, 7) is 2.05. The first-order chi connectivity index (χ1) is 12.8. The molecule has 0 bridgehead atoms. The van der Waals surface area contributed by atoms with Gasteiger partial charge in [-0.25, -0.2) is 14.6 Å². The lowest BCUT2D eigenvalue weighted by atomic mass is 9.98.